The summed E-state index contributed by atoms with van der Waals surface area (Å²) in [5.41, 5.74) is 0.298. The van der Waals surface area contributed by atoms with Crippen molar-refractivity contribution in [3.05, 3.63) is 27.7 Å². The van der Waals surface area contributed by atoms with Crippen molar-refractivity contribution in [3.63, 3.8) is 0 Å². The quantitative estimate of drug-likeness (QED) is 0.729. The first-order chi connectivity index (χ1) is 6.19. The predicted octanol–water partition coefficient (Wildman–Crippen LogP) is 3.20. The van der Waals surface area contributed by atoms with Crippen molar-refractivity contribution < 1.29 is 9.53 Å². The molecule has 0 aromatic heterocycles. The van der Waals surface area contributed by atoms with Gasteiger partial charge in [0.05, 0.1) is 22.2 Å². The first kappa shape index (κ1) is 10.4. The third kappa shape index (κ3) is 2.36. The lowest BCUT2D eigenvalue weighted by molar-refractivity contribution is 0.112. The fraction of sp³-hybridized carbons (Fsp3) is 0.222. The van der Waals surface area contributed by atoms with Crippen LogP contribution in [0.1, 0.15) is 17.3 Å². The lowest BCUT2D eigenvalue weighted by atomic mass is 10.2. The van der Waals surface area contributed by atoms with Gasteiger partial charge in [-0.3, -0.25) is 4.79 Å². The Kier molecular flexibility index (Phi) is 3.58. The standard InChI is InChI=1S/C9H8Cl2O2/c1-2-13-6-3-8(10)7(5-12)9(11)4-6/h3-5H,2H2,1H3. The third-order valence-corrected chi connectivity index (χ3v) is 2.11. The molecule has 1 aromatic carbocycles. The Morgan fingerprint density at radius 3 is 2.31 bits per heavy atom. The molecule has 0 aliphatic rings. The Labute approximate surface area is 86.4 Å². The predicted molar refractivity (Wildman–Crippen MR) is 53.0 cm³/mol. The zero-order chi connectivity index (χ0) is 9.84. The van der Waals surface area contributed by atoms with E-state index in [1.165, 1.54) is 0 Å². The Balaban J connectivity index is 3.12. The van der Waals surface area contributed by atoms with Gasteiger partial charge in [0.1, 0.15) is 5.75 Å². The number of rotatable bonds is 3. The second-order valence-electron chi connectivity index (χ2n) is 2.35. The fourth-order valence-corrected chi connectivity index (χ4v) is 1.48. The number of ether oxygens (including phenoxy) is 1. The summed E-state index contributed by atoms with van der Waals surface area (Å²) >= 11 is 11.5. The second kappa shape index (κ2) is 4.49. The molecule has 0 aliphatic heterocycles. The molecular formula is C9H8Cl2O2. The molecule has 0 saturated heterocycles. The van der Waals surface area contributed by atoms with E-state index in [2.05, 4.69) is 0 Å². The van der Waals surface area contributed by atoms with Crippen molar-refractivity contribution >= 4 is 29.5 Å². The molecule has 70 valence electrons. The number of halogens is 2. The largest absolute Gasteiger partial charge is 0.494 e. The Hall–Kier alpha value is -0.730. The van der Waals surface area contributed by atoms with Crippen LogP contribution in [0.3, 0.4) is 0 Å². The average molecular weight is 219 g/mol. The molecule has 0 saturated carbocycles. The Morgan fingerprint density at radius 2 is 1.92 bits per heavy atom. The van der Waals surface area contributed by atoms with Crippen molar-refractivity contribution in [1.29, 1.82) is 0 Å². The maximum absolute atomic E-state index is 10.5. The molecule has 1 rings (SSSR count). The molecule has 0 heterocycles. The van der Waals surface area contributed by atoms with E-state index in [1.54, 1.807) is 12.1 Å². The smallest absolute Gasteiger partial charge is 0.153 e. The molecule has 0 atom stereocenters. The van der Waals surface area contributed by atoms with Gasteiger partial charge in [0, 0.05) is 0 Å². The van der Waals surface area contributed by atoms with E-state index in [0.717, 1.165) is 0 Å². The van der Waals surface area contributed by atoms with Crippen molar-refractivity contribution in [2.45, 2.75) is 6.92 Å². The zero-order valence-electron chi connectivity index (χ0n) is 7.01. The molecule has 4 heteroatoms. The van der Waals surface area contributed by atoms with Gasteiger partial charge < -0.3 is 4.74 Å². The third-order valence-electron chi connectivity index (χ3n) is 1.48. The molecule has 0 amide bonds. The first-order valence-corrected chi connectivity index (χ1v) is 4.51. The minimum atomic E-state index is 0.298. The molecule has 1 aromatic rings. The van der Waals surface area contributed by atoms with Crippen LogP contribution in [0.15, 0.2) is 12.1 Å². The van der Waals surface area contributed by atoms with Crippen molar-refractivity contribution in [2.75, 3.05) is 6.61 Å². The molecule has 0 unspecified atom stereocenters. The first-order valence-electron chi connectivity index (χ1n) is 3.76. The van der Waals surface area contributed by atoms with Gasteiger partial charge in [0.2, 0.25) is 0 Å². The van der Waals surface area contributed by atoms with Gasteiger partial charge in [-0.05, 0) is 19.1 Å². The van der Waals surface area contributed by atoms with Crippen molar-refractivity contribution in [3.8, 4) is 5.75 Å². The van der Waals surface area contributed by atoms with Crippen LogP contribution in [0, 0.1) is 0 Å². The van der Waals surface area contributed by atoms with Crippen LogP contribution in [0.5, 0.6) is 5.75 Å². The Morgan fingerprint density at radius 1 is 1.38 bits per heavy atom. The molecule has 0 bridgehead atoms. The summed E-state index contributed by atoms with van der Waals surface area (Å²) in [7, 11) is 0. The van der Waals surface area contributed by atoms with Crippen molar-refractivity contribution in [1.82, 2.24) is 0 Å². The van der Waals surface area contributed by atoms with Crippen LogP contribution in [0.4, 0.5) is 0 Å². The van der Waals surface area contributed by atoms with Gasteiger partial charge in [0.15, 0.2) is 6.29 Å². The molecule has 0 aliphatic carbocycles. The van der Waals surface area contributed by atoms with Crippen LogP contribution in [0.2, 0.25) is 10.0 Å². The van der Waals surface area contributed by atoms with Gasteiger partial charge >= 0.3 is 0 Å². The highest BCUT2D eigenvalue weighted by atomic mass is 35.5. The van der Waals surface area contributed by atoms with Crippen LogP contribution in [0.25, 0.3) is 0 Å². The minimum Gasteiger partial charge on any atom is -0.494 e. The Bertz CT molecular complexity index is 300. The van der Waals surface area contributed by atoms with Crippen molar-refractivity contribution in [2.24, 2.45) is 0 Å². The molecule has 13 heavy (non-hydrogen) atoms. The number of aldehydes is 1. The minimum absolute atomic E-state index is 0.298. The van der Waals surface area contributed by atoms with E-state index in [-0.39, 0.29) is 0 Å². The van der Waals surface area contributed by atoms with E-state index in [0.29, 0.717) is 34.3 Å². The van der Waals surface area contributed by atoms with Gasteiger partial charge in [-0.15, -0.1) is 0 Å². The van der Waals surface area contributed by atoms with Gasteiger partial charge in [-0.2, -0.15) is 0 Å². The normalized spacial score (nSPS) is 9.77. The highest BCUT2D eigenvalue weighted by Crippen LogP contribution is 2.28. The van der Waals surface area contributed by atoms with E-state index in [9.17, 15) is 4.79 Å². The van der Waals surface area contributed by atoms with Crippen LogP contribution < -0.4 is 4.74 Å². The second-order valence-corrected chi connectivity index (χ2v) is 3.17. The highest BCUT2D eigenvalue weighted by molar-refractivity contribution is 6.38. The number of hydrogen-bond acceptors (Lipinski definition) is 2. The molecule has 0 radical (unpaired) electrons. The summed E-state index contributed by atoms with van der Waals surface area (Å²) in [6.45, 7) is 2.39. The molecule has 0 N–H and O–H groups in total. The lowest BCUT2D eigenvalue weighted by Crippen LogP contribution is -1.93. The number of hydrogen-bond donors (Lipinski definition) is 0. The lowest BCUT2D eigenvalue weighted by Gasteiger charge is -2.05. The molecule has 0 spiro atoms. The van der Waals surface area contributed by atoms with Crippen LogP contribution in [-0.2, 0) is 0 Å². The topological polar surface area (TPSA) is 26.3 Å². The van der Waals surface area contributed by atoms with Crippen LogP contribution >= 0.6 is 23.2 Å². The summed E-state index contributed by atoms with van der Waals surface area (Å²) in [5, 5.41) is 0.622. The summed E-state index contributed by atoms with van der Waals surface area (Å²) in [6, 6.07) is 3.14. The summed E-state index contributed by atoms with van der Waals surface area (Å²) in [4.78, 5) is 10.5. The number of benzene rings is 1. The van der Waals surface area contributed by atoms with Gasteiger partial charge in [0.25, 0.3) is 0 Å². The maximum atomic E-state index is 10.5. The average Bonchev–Trinajstić information content (AvgIpc) is 2.04. The molecule has 0 fully saturated rings. The van der Waals surface area contributed by atoms with E-state index in [1.807, 2.05) is 6.92 Å². The summed E-state index contributed by atoms with van der Waals surface area (Å²) < 4.78 is 5.18. The van der Waals surface area contributed by atoms with Crippen LogP contribution in [-0.4, -0.2) is 12.9 Å². The van der Waals surface area contributed by atoms with E-state index in [4.69, 9.17) is 27.9 Å². The fourth-order valence-electron chi connectivity index (χ4n) is 0.924. The van der Waals surface area contributed by atoms with E-state index >= 15 is 0 Å². The number of carbonyl (C=O) groups excluding carboxylic acids is 1. The summed E-state index contributed by atoms with van der Waals surface area (Å²) in [6.07, 6.45) is 0.625. The molecule has 2 nitrogen and oxygen atoms in total. The number of carbonyl (C=O) groups is 1. The highest BCUT2D eigenvalue weighted by Gasteiger charge is 2.07. The van der Waals surface area contributed by atoms with E-state index < -0.39 is 0 Å². The SMILES string of the molecule is CCOc1cc(Cl)c(C=O)c(Cl)c1. The van der Waals surface area contributed by atoms with Gasteiger partial charge in [-0.1, -0.05) is 23.2 Å². The zero-order valence-corrected chi connectivity index (χ0v) is 8.52. The summed E-state index contributed by atoms with van der Waals surface area (Å²) in [5.74, 6) is 0.572. The monoisotopic (exact) mass is 218 g/mol. The molecular weight excluding hydrogens is 211 g/mol. The maximum Gasteiger partial charge on any atom is 0.153 e. The van der Waals surface area contributed by atoms with Gasteiger partial charge in [-0.25, -0.2) is 0 Å².